The molecule has 0 heterocycles. The van der Waals surface area contributed by atoms with E-state index in [-0.39, 0.29) is 33.1 Å². The van der Waals surface area contributed by atoms with E-state index in [0.29, 0.717) is 28.6 Å². The van der Waals surface area contributed by atoms with Crippen molar-refractivity contribution in [2.24, 2.45) is 0 Å². The highest BCUT2D eigenvalue weighted by molar-refractivity contribution is 7.92. The van der Waals surface area contributed by atoms with Crippen molar-refractivity contribution in [3.8, 4) is 0 Å². The van der Waals surface area contributed by atoms with Gasteiger partial charge in [0, 0.05) is 23.1 Å². The lowest BCUT2D eigenvalue weighted by atomic mass is 10.1. The number of nitrogens with zero attached hydrogens (tertiary/aromatic N) is 2. The van der Waals surface area contributed by atoms with Gasteiger partial charge in [-0.15, -0.1) is 0 Å². The topological polar surface area (TPSA) is 86.8 Å². The van der Waals surface area contributed by atoms with E-state index in [4.69, 9.17) is 46.4 Å². The molecule has 12 heteroatoms. The van der Waals surface area contributed by atoms with Gasteiger partial charge < -0.3 is 10.2 Å². The maximum atomic E-state index is 14.1. The molecule has 0 bridgehead atoms. The van der Waals surface area contributed by atoms with E-state index in [2.05, 4.69) is 5.32 Å². The number of hydrogen-bond donors (Lipinski definition) is 1. The molecule has 0 aliphatic carbocycles. The van der Waals surface area contributed by atoms with Gasteiger partial charge in [0.1, 0.15) is 12.6 Å². The highest BCUT2D eigenvalue weighted by atomic mass is 35.5. The molecule has 1 N–H and O–H groups in total. The fourth-order valence-electron chi connectivity index (χ4n) is 4.31. The molecule has 226 valence electrons. The van der Waals surface area contributed by atoms with Crippen molar-refractivity contribution in [3.05, 3.63) is 91.9 Å². The Labute approximate surface area is 267 Å². The molecule has 0 saturated heterocycles. The number of sulfonamides is 1. The zero-order valence-corrected chi connectivity index (χ0v) is 27.4. The van der Waals surface area contributed by atoms with Gasteiger partial charge in [0.25, 0.3) is 10.0 Å². The summed E-state index contributed by atoms with van der Waals surface area (Å²) < 4.78 is 28.9. The Morgan fingerprint density at radius 3 is 2.10 bits per heavy atom. The Balaban J connectivity index is 2.08. The van der Waals surface area contributed by atoms with Crippen LogP contribution in [0.2, 0.25) is 20.1 Å². The molecule has 0 spiro atoms. The summed E-state index contributed by atoms with van der Waals surface area (Å²) in [6.45, 7) is 5.46. The van der Waals surface area contributed by atoms with Crippen molar-refractivity contribution >= 4 is 73.9 Å². The van der Waals surface area contributed by atoms with Crippen molar-refractivity contribution in [3.63, 3.8) is 0 Å². The summed E-state index contributed by atoms with van der Waals surface area (Å²) in [6, 6.07) is 14.6. The predicted octanol–water partition coefficient (Wildman–Crippen LogP) is 7.53. The van der Waals surface area contributed by atoms with E-state index in [0.717, 1.165) is 22.7 Å². The first-order valence-electron chi connectivity index (χ1n) is 13.4. The van der Waals surface area contributed by atoms with Gasteiger partial charge in [-0.25, -0.2) is 8.42 Å². The van der Waals surface area contributed by atoms with E-state index < -0.39 is 28.5 Å². The molecular weight excluding hydrogens is 640 g/mol. The second-order valence-electron chi connectivity index (χ2n) is 9.79. The van der Waals surface area contributed by atoms with Crippen molar-refractivity contribution < 1.29 is 18.0 Å². The minimum Gasteiger partial charge on any atom is -0.354 e. The first kappa shape index (κ1) is 34.0. The number of carbonyl (C=O) groups excluding carboxylic acids is 2. The fourth-order valence-corrected chi connectivity index (χ4v) is 6.54. The van der Waals surface area contributed by atoms with E-state index in [9.17, 15) is 18.0 Å². The minimum atomic E-state index is -4.26. The molecule has 1 atom stereocenters. The van der Waals surface area contributed by atoms with Crippen molar-refractivity contribution in [2.75, 3.05) is 17.4 Å². The summed E-state index contributed by atoms with van der Waals surface area (Å²) in [5.74, 6) is -0.941. The number of aryl methyl sites for hydroxylation is 1. The van der Waals surface area contributed by atoms with E-state index >= 15 is 0 Å². The molecule has 0 saturated carbocycles. The molecule has 0 unspecified atom stereocenters. The van der Waals surface area contributed by atoms with Crippen molar-refractivity contribution in [2.45, 2.75) is 57.5 Å². The number of unbranched alkanes of at least 4 members (excludes halogenated alkanes) is 1. The Morgan fingerprint density at radius 2 is 1.52 bits per heavy atom. The third kappa shape index (κ3) is 8.77. The number of hydrogen-bond acceptors (Lipinski definition) is 4. The second-order valence-corrected chi connectivity index (χ2v) is 13.3. The minimum absolute atomic E-state index is 0.00977. The first-order chi connectivity index (χ1) is 19.9. The molecule has 0 radical (unpaired) electrons. The fraction of sp³-hybridized carbons (Fsp3) is 0.333. The van der Waals surface area contributed by atoms with Crippen LogP contribution in [-0.4, -0.2) is 44.3 Å². The molecule has 3 aromatic carbocycles. The molecule has 0 aliphatic heterocycles. The molecule has 0 aliphatic rings. The van der Waals surface area contributed by atoms with E-state index in [1.165, 1.54) is 35.2 Å². The predicted molar refractivity (Wildman–Crippen MR) is 171 cm³/mol. The van der Waals surface area contributed by atoms with Crippen LogP contribution in [0.4, 0.5) is 5.69 Å². The summed E-state index contributed by atoms with van der Waals surface area (Å²) in [7, 11) is -4.26. The van der Waals surface area contributed by atoms with Gasteiger partial charge in [-0.1, -0.05) is 90.4 Å². The highest BCUT2D eigenvalue weighted by Gasteiger charge is 2.34. The van der Waals surface area contributed by atoms with Crippen molar-refractivity contribution in [1.29, 1.82) is 0 Å². The third-order valence-corrected chi connectivity index (χ3v) is 9.54. The Bertz CT molecular complexity index is 1500. The summed E-state index contributed by atoms with van der Waals surface area (Å²) in [4.78, 5) is 28.8. The van der Waals surface area contributed by atoms with Crippen LogP contribution < -0.4 is 9.62 Å². The van der Waals surface area contributed by atoms with Crippen molar-refractivity contribution in [1.82, 2.24) is 10.2 Å². The molecule has 42 heavy (non-hydrogen) atoms. The molecule has 0 fully saturated rings. The van der Waals surface area contributed by atoms with Gasteiger partial charge in [0.2, 0.25) is 11.8 Å². The van der Waals surface area contributed by atoms with Crippen LogP contribution in [-0.2, 0) is 26.2 Å². The average Bonchev–Trinajstić information content (AvgIpc) is 2.93. The number of amides is 2. The number of anilines is 1. The lowest BCUT2D eigenvalue weighted by Gasteiger charge is -2.33. The van der Waals surface area contributed by atoms with Crippen LogP contribution >= 0.6 is 46.4 Å². The zero-order valence-electron chi connectivity index (χ0n) is 23.5. The molecular formula is C30H33Cl4N3O4S. The van der Waals surface area contributed by atoms with Gasteiger partial charge in [0.15, 0.2) is 0 Å². The van der Waals surface area contributed by atoms with E-state index in [1.54, 1.807) is 37.3 Å². The third-order valence-electron chi connectivity index (χ3n) is 6.58. The van der Waals surface area contributed by atoms with Crippen LogP contribution in [0.3, 0.4) is 0 Å². The summed E-state index contributed by atoms with van der Waals surface area (Å²) >= 11 is 24.8. The van der Waals surface area contributed by atoms with Gasteiger partial charge >= 0.3 is 0 Å². The maximum Gasteiger partial charge on any atom is 0.264 e. The molecule has 3 aromatic rings. The number of carbonyl (C=O) groups is 2. The van der Waals surface area contributed by atoms with Crippen LogP contribution in [0.5, 0.6) is 0 Å². The first-order valence-corrected chi connectivity index (χ1v) is 16.4. The Hall–Kier alpha value is -2.49. The lowest BCUT2D eigenvalue weighted by Crippen LogP contribution is -2.52. The van der Waals surface area contributed by atoms with Gasteiger partial charge in [0.05, 0.1) is 20.6 Å². The maximum absolute atomic E-state index is 14.1. The summed E-state index contributed by atoms with van der Waals surface area (Å²) in [5, 5.41) is 3.92. The number of nitrogens with one attached hydrogen (secondary N) is 1. The normalized spacial score (nSPS) is 12.1. The molecule has 0 aromatic heterocycles. The van der Waals surface area contributed by atoms with Crippen LogP contribution in [0.25, 0.3) is 0 Å². The Kier molecular flexibility index (Phi) is 12.4. The van der Waals surface area contributed by atoms with Crippen LogP contribution in [0.1, 0.15) is 44.2 Å². The van der Waals surface area contributed by atoms with Gasteiger partial charge in [-0.3, -0.25) is 13.9 Å². The average molecular weight is 673 g/mol. The molecule has 3 rings (SSSR count). The van der Waals surface area contributed by atoms with Gasteiger partial charge in [-0.2, -0.15) is 0 Å². The summed E-state index contributed by atoms with van der Waals surface area (Å²) in [6.07, 6.45) is 1.96. The molecule has 7 nitrogen and oxygen atoms in total. The van der Waals surface area contributed by atoms with Gasteiger partial charge in [-0.05, 0) is 67.8 Å². The largest absolute Gasteiger partial charge is 0.354 e. The zero-order chi connectivity index (χ0) is 31.0. The monoisotopic (exact) mass is 671 g/mol. The SMILES string of the molecule is CCCCNC(=O)[C@H](CC)N(Cc1ccc(Cl)c(Cl)c1)C(=O)CN(c1cc(Cl)cc(Cl)c1)S(=O)(=O)c1ccc(C)cc1. The standard InChI is InChI=1S/C30H33Cl4N3O4S/c1-4-6-13-35-30(39)28(5-2)36(18-21-9-12-26(33)27(34)14-21)29(38)19-37(24-16-22(31)15-23(32)17-24)42(40,41)25-10-7-20(3)8-11-25/h7-12,14-17,28H,4-6,13,18-19H2,1-3H3,(H,35,39)/t28-/m0/s1. The highest BCUT2D eigenvalue weighted by Crippen LogP contribution is 2.31. The quantitative estimate of drug-likeness (QED) is 0.190. The number of benzene rings is 3. The van der Waals surface area contributed by atoms with E-state index in [1.807, 2.05) is 13.8 Å². The lowest BCUT2D eigenvalue weighted by molar-refractivity contribution is -0.140. The smallest absolute Gasteiger partial charge is 0.264 e. The number of halogens is 4. The van der Waals surface area contributed by atoms with Crippen LogP contribution in [0, 0.1) is 6.92 Å². The molecule has 2 amide bonds. The number of rotatable bonds is 13. The summed E-state index contributed by atoms with van der Waals surface area (Å²) in [5.41, 5.74) is 1.60. The van der Waals surface area contributed by atoms with Crippen LogP contribution in [0.15, 0.2) is 65.6 Å². The second kappa shape index (κ2) is 15.3. The Morgan fingerprint density at radius 1 is 0.881 bits per heavy atom.